The van der Waals surface area contributed by atoms with Crippen molar-refractivity contribution in [3.05, 3.63) is 18.3 Å². The molecule has 0 radical (unpaired) electrons. The minimum absolute atomic E-state index is 0.108. The molecule has 0 bridgehead atoms. The Bertz CT molecular complexity index is 510. The van der Waals surface area contributed by atoms with Crippen LogP contribution in [0.15, 0.2) is 23.4 Å². The van der Waals surface area contributed by atoms with Crippen LogP contribution >= 0.6 is 11.9 Å². The fraction of sp³-hybridized carbons (Fsp3) is 0.538. The van der Waals surface area contributed by atoms with Crippen molar-refractivity contribution in [2.45, 2.75) is 36.9 Å². The number of hydrogen-bond donors (Lipinski definition) is 2. The SMILES string of the molecule is NSc1cc(NC(=O)C2CCCC(C(F)(F)F)C2)ccn1. The minimum atomic E-state index is -4.22. The summed E-state index contributed by atoms with van der Waals surface area (Å²) in [4.78, 5) is 16.1. The number of anilines is 1. The third kappa shape index (κ3) is 4.34. The van der Waals surface area contributed by atoms with Gasteiger partial charge in [-0.3, -0.25) is 9.93 Å². The maximum Gasteiger partial charge on any atom is 0.391 e. The molecule has 0 aromatic carbocycles. The first-order chi connectivity index (χ1) is 9.90. The molecule has 0 saturated heterocycles. The van der Waals surface area contributed by atoms with E-state index >= 15 is 0 Å². The smallest absolute Gasteiger partial charge is 0.326 e. The van der Waals surface area contributed by atoms with Crippen molar-refractivity contribution in [2.24, 2.45) is 17.0 Å². The van der Waals surface area contributed by atoms with Crippen molar-refractivity contribution in [1.29, 1.82) is 0 Å². The molecule has 116 valence electrons. The molecule has 21 heavy (non-hydrogen) atoms. The molecular weight excluding hydrogens is 303 g/mol. The summed E-state index contributed by atoms with van der Waals surface area (Å²) in [7, 11) is 0. The van der Waals surface area contributed by atoms with Gasteiger partial charge >= 0.3 is 6.18 Å². The number of carbonyl (C=O) groups excluding carboxylic acids is 1. The van der Waals surface area contributed by atoms with E-state index in [1.54, 1.807) is 12.1 Å². The molecule has 1 aliphatic carbocycles. The van der Waals surface area contributed by atoms with Crippen molar-refractivity contribution >= 4 is 23.5 Å². The molecule has 8 heteroatoms. The highest BCUT2D eigenvalue weighted by atomic mass is 32.2. The van der Waals surface area contributed by atoms with Crippen molar-refractivity contribution in [3.63, 3.8) is 0 Å². The Balaban J connectivity index is 1.99. The second-order valence-electron chi connectivity index (χ2n) is 5.09. The lowest BCUT2D eigenvalue weighted by atomic mass is 9.80. The Labute approximate surface area is 124 Å². The second kappa shape index (κ2) is 6.65. The number of hydrogen-bond acceptors (Lipinski definition) is 4. The van der Waals surface area contributed by atoms with Crippen LogP contribution in [0.3, 0.4) is 0 Å². The fourth-order valence-corrected chi connectivity index (χ4v) is 2.84. The zero-order valence-corrected chi connectivity index (χ0v) is 12.0. The lowest BCUT2D eigenvalue weighted by molar-refractivity contribution is -0.185. The van der Waals surface area contributed by atoms with Gasteiger partial charge in [-0.2, -0.15) is 13.2 Å². The third-order valence-corrected chi connectivity index (χ3v) is 4.10. The predicted molar refractivity (Wildman–Crippen MR) is 74.4 cm³/mol. The van der Waals surface area contributed by atoms with Gasteiger partial charge in [0.05, 0.1) is 5.92 Å². The molecule has 1 heterocycles. The van der Waals surface area contributed by atoms with E-state index in [0.717, 1.165) is 11.9 Å². The van der Waals surface area contributed by atoms with Gasteiger partial charge < -0.3 is 5.32 Å². The standard InChI is InChI=1S/C13H16F3N3OS/c14-13(15,16)9-3-1-2-8(6-9)12(20)19-10-4-5-18-11(7-10)21-17/h4-5,7-9H,1-3,6,17H2,(H,18,19,20). The number of rotatable bonds is 3. The van der Waals surface area contributed by atoms with Gasteiger partial charge in [-0.15, -0.1) is 0 Å². The van der Waals surface area contributed by atoms with Gasteiger partial charge in [0.1, 0.15) is 5.03 Å². The average molecular weight is 319 g/mol. The summed E-state index contributed by atoms with van der Waals surface area (Å²) in [5, 5.41) is 8.55. The Morgan fingerprint density at radius 3 is 2.86 bits per heavy atom. The van der Waals surface area contributed by atoms with Gasteiger partial charge in [-0.1, -0.05) is 6.42 Å². The van der Waals surface area contributed by atoms with Gasteiger partial charge in [0.15, 0.2) is 0 Å². The van der Waals surface area contributed by atoms with Gasteiger partial charge in [0, 0.05) is 17.8 Å². The molecule has 0 aliphatic heterocycles. The van der Waals surface area contributed by atoms with Crippen LogP contribution in [0.5, 0.6) is 0 Å². The van der Waals surface area contributed by atoms with E-state index in [1.165, 1.54) is 6.20 Å². The van der Waals surface area contributed by atoms with E-state index in [1.807, 2.05) is 0 Å². The summed E-state index contributed by atoms with van der Waals surface area (Å²) >= 11 is 0.938. The quantitative estimate of drug-likeness (QED) is 0.838. The van der Waals surface area contributed by atoms with Crippen LogP contribution in [0.2, 0.25) is 0 Å². The molecule has 4 nitrogen and oxygen atoms in total. The van der Waals surface area contributed by atoms with Crippen LogP contribution in [-0.2, 0) is 4.79 Å². The maximum atomic E-state index is 12.7. The maximum absolute atomic E-state index is 12.7. The highest BCUT2D eigenvalue weighted by Gasteiger charge is 2.43. The highest BCUT2D eigenvalue weighted by Crippen LogP contribution is 2.40. The monoisotopic (exact) mass is 319 g/mol. The van der Waals surface area contributed by atoms with E-state index in [2.05, 4.69) is 10.3 Å². The zero-order valence-electron chi connectivity index (χ0n) is 11.2. The van der Waals surface area contributed by atoms with E-state index in [-0.39, 0.29) is 18.7 Å². The normalized spacial score (nSPS) is 22.9. The Kier molecular flexibility index (Phi) is 5.10. The Morgan fingerprint density at radius 1 is 1.43 bits per heavy atom. The highest BCUT2D eigenvalue weighted by molar-refractivity contribution is 7.97. The second-order valence-corrected chi connectivity index (χ2v) is 5.75. The number of alkyl halides is 3. The van der Waals surface area contributed by atoms with Crippen LogP contribution in [0.1, 0.15) is 25.7 Å². The molecule has 2 unspecified atom stereocenters. The van der Waals surface area contributed by atoms with Gasteiger partial charge in [-0.25, -0.2) is 4.98 Å². The largest absolute Gasteiger partial charge is 0.391 e. The molecule has 3 N–H and O–H groups in total. The summed E-state index contributed by atoms with van der Waals surface area (Å²) < 4.78 is 38.2. The number of nitrogens with zero attached hydrogens (tertiary/aromatic N) is 1. The topological polar surface area (TPSA) is 68.0 Å². The summed E-state index contributed by atoms with van der Waals surface area (Å²) in [6.07, 6.45) is -1.86. The first-order valence-corrected chi connectivity index (χ1v) is 7.48. The van der Waals surface area contributed by atoms with Crippen LogP contribution in [0.25, 0.3) is 0 Å². The number of pyridine rings is 1. The number of halogens is 3. The van der Waals surface area contributed by atoms with Crippen LogP contribution in [0.4, 0.5) is 18.9 Å². The van der Waals surface area contributed by atoms with Crippen molar-refractivity contribution in [3.8, 4) is 0 Å². The molecule has 0 spiro atoms. The molecule has 1 aromatic heterocycles. The van der Waals surface area contributed by atoms with Gasteiger partial charge in [0.2, 0.25) is 5.91 Å². The number of aromatic nitrogens is 1. The molecule has 2 rings (SSSR count). The minimum Gasteiger partial charge on any atom is -0.326 e. The van der Waals surface area contributed by atoms with E-state index in [4.69, 9.17) is 5.14 Å². The van der Waals surface area contributed by atoms with Crippen LogP contribution in [0, 0.1) is 11.8 Å². The molecule has 1 aromatic rings. The first-order valence-electron chi connectivity index (χ1n) is 6.60. The lowest BCUT2D eigenvalue weighted by Crippen LogP contribution is -2.34. The molecule has 1 aliphatic rings. The van der Waals surface area contributed by atoms with Crippen molar-refractivity contribution < 1.29 is 18.0 Å². The van der Waals surface area contributed by atoms with E-state index < -0.39 is 18.0 Å². The molecule has 1 amide bonds. The number of carbonyl (C=O) groups is 1. The number of nitrogens with one attached hydrogen (secondary N) is 1. The molecule has 1 saturated carbocycles. The molecule has 2 atom stereocenters. The van der Waals surface area contributed by atoms with Crippen molar-refractivity contribution in [1.82, 2.24) is 4.98 Å². The summed E-state index contributed by atoms with van der Waals surface area (Å²) in [6.45, 7) is 0. The zero-order chi connectivity index (χ0) is 15.5. The fourth-order valence-electron chi connectivity index (χ4n) is 2.52. The third-order valence-electron chi connectivity index (χ3n) is 3.63. The molecular formula is C13H16F3N3OS. The van der Waals surface area contributed by atoms with E-state index in [9.17, 15) is 18.0 Å². The summed E-state index contributed by atoms with van der Waals surface area (Å²) in [5.74, 6) is -2.36. The van der Waals surface area contributed by atoms with Gasteiger partial charge in [-0.05, 0) is 43.3 Å². The van der Waals surface area contributed by atoms with Gasteiger partial charge in [0.25, 0.3) is 0 Å². The summed E-state index contributed by atoms with van der Waals surface area (Å²) in [5.41, 5.74) is 0.497. The Hall–Kier alpha value is -1.28. The number of amides is 1. The lowest BCUT2D eigenvalue weighted by Gasteiger charge is -2.29. The average Bonchev–Trinajstić information content (AvgIpc) is 2.46. The first kappa shape index (κ1) is 16.1. The van der Waals surface area contributed by atoms with Crippen LogP contribution < -0.4 is 10.5 Å². The Morgan fingerprint density at radius 2 is 2.19 bits per heavy atom. The number of nitrogens with two attached hydrogens (primary N) is 1. The predicted octanol–water partition coefficient (Wildman–Crippen LogP) is 3.35. The van der Waals surface area contributed by atoms with E-state index in [0.29, 0.717) is 23.6 Å². The van der Waals surface area contributed by atoms with Crippen molar-refractivity contribution in [2.75, 3.05) is 5.32 Å². The molecule has 1 fully saturated rings. The van der Waals surface area contributed by atoms with Crippen LogP contribution in [-0.4, -0.2) is 17.1 Å². The summed E-state index contributed by atoms with van der Waals surface area (Å²) in [6, 6.07) is 3.17.